The molecule has 0 aromatic heterocycles. The Hall–Kier alpha value is -1.71. The summed E-state index contributed by atoms with van der Waals surface area (Å²) in [5.74, 6) is 0.864. The van der Waals surface area contributed by atoms with Gasteiger partial charge in [-0.15, -0.1) is 5.10 Å². The first kappa shape index (κ1) is 9.83. The maximum atomic E-state index is 5.16. The van der Waals surface area contributed by atoms with Gasteiger partial charge in [-0.05, 0) is 29.8 Å². The summed E-state index contributed by atoms with van der Waals surface area (Å²) < 4.78 is 5.16. The van der Waals surface area contributed by atoms with Crippen molar-refractivity contribution in [2.75, 3.05) is 7.11 Å². The van der Waals surface area contributed by atoms with E-state index in [2.05, 4.69) is 21.5 Å². The molecule has 0 spiro atoms. The van der Waals surface area contributed by atoms with E-state index in [4.69, 9.17) is 4.74 Å². The van der Waals surface area contributed by atoms with E-state index in [1.165, 1.54) is 5.56 Å². The third-order valence-corrected chi connectivity index (χ3v) is 2.36. The molecule has 1 aliphatic heterocycles. The Morgan fingerprint density at radius 2 is 2.27 bits per heavy atom. The molecule has 1 aliphatic rings. The van der Waals surface area contributed by atoms with Crippen LogP contribution in [0, 0.1) is 0 Å². The minimum absolute atomic E-state index is 0.299. The molecule has 1 aromatic carbocycles. The number of nitrogens with zero attached hydrogens (tertiary/aromatic N) is 3. The molecule has 4 nitrogen and oxygen atoms in total. The standard InChI is InChI=1S/C11H13N3O/c1-11(8-12-14-13-11)7-9-4-3-5-10(6-9)15-2/h3-6,8H,7H2,1-2H3. The summed E-state index contributed by atoms with van der Waals surface area (Å²) in [6.07, 6.45) is 2.56. The largest absolute Gasteiger partial charge is 0.497 e. The maximum Gasteiger partial charge on any atom is 0.122 e. The summed E-state index contributed by atoms with van der Waals surface area (Å²) in [4.78, 5) is 0. The van der Waals surface area contributed by atoms with Crippen molar-refractivity contribution in [2.45, 2.75) is 18.9 Å². The van der Waals surface area contributed by atoms with Crippen LogP contribution in [0.1, 0.15) is 12.5 Å². The van der Waals surface area contributed by atoms with Crippen LogP contribution in [0.3, 0.4) is 0 Å². The number of ether oxygens (including phenoxy) is 1. The second-order valence-corrected chi connectivity index (χ2v) is 3.82. The zero-order valence-electron chi connectivity index (χ0n) is 8.84. The Labute approximate surface area is 88.7 Å². The van der Waals surface area contributed by atoms with Crippen LogP contribution in [0.4, 0.5) is 0 Å². The van der Waals surface area contributed by atoms with Gasteiger partial charge < -0.3 is 4.74 Å². The highest BCUT2D eigenvalue weighted by Crippen LogP contribution is 2.22. The number of hydrogen-bond acceptors (Lipinski definition) is 4. The molecule has 15 heavy (non-hydrogen) atoms. The van der Waals surface area contributed by atoms with E-state index in [-0.39, 0.29) is 5.54 Å². The van der Waals surface area contributed by atoms with Crippen molar-refractivity contribution in [3.8, 4) is 5.75 Å². The minimum atomic E-state index is -0.299. The number of hydrogen-bond donors (Lipinski definition) is 0. The van der Waals surface area contributed by atoms with Crippen molar-refractivity contribution < 1.29 is 4.74 Å². The van der Waals surface area contributed by atoms with Gasteiger partial charge in [0, 0.05) is 6.42 Å². The zero-order chi connectivity index (χ0) is 10.7. The first-order valence-corrected chi connectivity index (χ1v) is 4.81. The zero-order valence-corrected chi connectivity index (χ0v) is 8.84. The molecule has 4 heteroatoms. The van der Waals surface area contributed by atoms with E-state index in [1.54, 1.807) is 13.3 Å². The summed E-state index contributed by atoms with van der Waals surface area (Å²) in [5.41, 5.74) is 0.871. The van der Waals surface area contributed by atoms with Gasteiger partial charge in [0.05, 0.1) is 13.3 Å². The fourth-order valence-electron chi connectivity index (χ4n) is 1.58. The highest BCUT2D eigenvalue weighted by molar-refractivity contribution is 5.71. The Morgan fingerprint density at radius 3 is 2.93 bits per heavy atom. The van der Waals surface area contributed by atoms with E-state index >= 15 is 0 Å². The Bertz CT molecular complexity index is 400. The molecule has 0 saturated carbocycles. The molecule has 1 atom stereocenters. The second kappa shape index (κ2) is 3.81. The fourth-order valence-corrected chi connectivity index (χ4v) is 1.58. The van der Waals surface area contributed by atoms with Crippen molar-refractivity contribution in [1.82, 2.24) is 0 Å². The van der Waals surface area contributed by atoms with Gasteiger partial charge in [0.1, 0.15) is 11.3 Å². The van der Waals surface area contributed by atoms with Gasteiger partial charge in [-0.25, -0.2) is 0 Å². The molecule has 0 amide bonds. The monoisotopic (exact) mass is 203 g/mol. The molecule has 2 rings (SSSR count). The van der Waals surface area contributed by atoms with E-state index in [1.807, 2.05) is 25.1 Å². The first-order valence-electron chi connectivity index (χ1n) is 4.81. The maximum absolute atomic E-state index is 5.16. The average molecular weight is 203 g/mol. The molecular weight excluding hydrogens is 190 g/mol. The molecular formula is C11H13N3O. The normalized spacial score (nSPS) is 23.3. The summed E-state index contributed by atoms with van der Waals surface area (Å²) in [6.45, 7) is 2.01. The summed E-state index contributed by atoms with van der Waals surface area (Å²) in [5, 5.41) is 11.5. The highest BCUT2D eigenvalue weighted by atomic mass is 16.5. The SMILES string of the molecule is COc1cccc(CC2(C)C=NN=N2)c1. The van der Waals surface area contributed by atoms with Gasteiger partial charge in [-0.3, -0.25) is 0 Å². The highest BCUT2D eigenvalue weighted by Gasteiger charge is 2.25. The van der Waals surface area contributed by atoms with E-state index < -0.39 is 0 Å². The topological polar surface area (TPSA) is 46.3 Å². The molecule has 0 saturated heterocycles. The Morgan fingerprint density at radius 1 is 1.40 bits per heavy atom. The first-order chi connectivity index (χ1) is 7.22. The van der Waals surface area contributed by atoms with E-state index in [0.29, 0.717) is 0 Å². The summed E-state index contributed by atoms with van der Waals surface area (Å²) in [7, 11) is 1.66. The number of benzene rings is 1. The molecule has 0 bridgehead atoms. The van der Waals surface area contributed by atoms with Crippen LogP contribution in [0.5, 0.6) is 5.75 Å². The third-order valence-electron chi connectivity index (χ3n) is 2.36. The quantitative estimate of drug-likeness (QED) is 0.744. The van der Waals surface area contributed by atoms with Crippen LogP contribution < -0.4 is 4.74 Å². The van der Waals surface area contributed by atoms with Gasteiger partial charge in [0.15, 0.2) is 0 Å². The van der Waals surface area contributed by atoms with E-state index in [9.17, 15) is 0 Å². The lowest BCUT2D eigenvalue weighted by Crippen LogP contribution is -2.24. The Kier molecular flexibility index (Phi) is 2.49. The van der Waals surface area contributed by atoms with Crippen molar-refractivity contribution >= 4 is 6.21 Å². The van der Waals surface area contributed by atoms with Crippen LogP contribution in [-0.2, 0) is 6.42 Å². The Balaban J connectivity index is 2.17. The second-order valence-electron chi connectivity index (χ2n) is 3.82. The van der Waals surface area contributed by atoms with E-state index in [0.717, 1.165) is 12.2 Å². The molecule has 1 unspecified atom stereocenters. The van der Waals surface area contributed by atoms with Gasteiger partial charge in [-0.1, -0.05) is 12.1 Å². The molecule has 78 valence electrons. The van der Waals surface area contributed by atoms with Gasteiger partial charge in [-0.2, -0.15) is 5.11 Å². The lowest BCUT2D eigenvalue weighted by atomic mass is 9.95. The number of rotatable bonds is 3. The molecule has 1 aromatic rings. The number of methoxy groups -OCH3 is 1. The minimum Gasteiger partial charge on any atom is -0.497 e. The van der Waals surface area contributed by atoms with Gasteiger partial charge in [0.25, 0.3) is 0 Å². The smallest absolute Gasteiger partial charge is 0.122 e. The molecule has 0 N–H and O–H groups in total. The summed E-state index contributed by atoms with van der Waals surface area (Å²) >= 11 is 0. The lowest BCUT2D eigenvalue weighted by Gasteiger charge is -2.14. The third kappa shape index (κ3) is 2.21. The molecule has 0 radical (unpaired) electrons. The van der Waals surface area contributed by atoms with Gasteiger partial charge in [0.2, 0.25) is 0 Å². The lowest BCUT2D eigenvalue weighted by molar-refractivity contribution is 0.414. The van der Waals surface area contributed by atoms with Crippen LogP contribution >= 0.6 is 0 Å². The predicted octanol–water partition coefficient (Wildman–Crippen LogP) is 2.45. The molecule has 0 aliphatic carbocycles. The fraction of sp³-hybridized carbons (Fsp3) is 0.364. The van der Waals surface area contributed by atoms with Crippen molar-refractivity contribution in [3.05, 3.63) is 29.8 Å². The van der Waals surface area contributed by atoms with Crippen molar-refractivity contribution in [2.24, 2.45) is 15.4 Å². The average Bonchev–Trinajstić information content (AvgIpc) is 2.65. The van der Waals surface area contributed by atoms with Crippen LogP contribution in [0.15, 0.2) is 39.7 Å². The van der Waals surface area contributed by atoms with Crippen molar-refractivity contribution in [3.63, 3.8) is 0 Å². The van der Waals surface area contributed by atoms with Crippen LogP contribution in [0.2, 0.25) is 0 Å². The van der Waals surface area contributed by atoms with Gasteiger partial charge >= 0.3 is 0 Å². The summed E-state index contributed by atoms with van der Waals surface area (Å²) in [6, 6.07) is 7.96. The van der Waals surface area contributed by atoms with Crippen LogP contribution in [-0.4, -0.2) is 18.9 Å². The molecule has 0 fully saturated rings. The van der Waals surface area contributed by atoms with Crippen LogP contribution in [0.25, 0.3) is 0 Å². The molecule has 1 heterocycles. The van der Waals surface area contributed by atoms with Crippen molar-refractivity contribution in [1.29, 1.82) is 0 Å². The predicted molar refractivity (Wildman–Crippen MR) is 58.5 cm³/mol.